The summed E-state index contributed by atoms with van der Waals surface area (Å²) in [5, 5.41) is 0. The topological polar surface area (TPSA) is 0 Å². The summed E-state index contributed by atoms with van der Waals surface area (Å²) in [5.74, 6) is 0. The van der Waals surface area contributed by atoms with Crippen LogP contribution in [0.4, 0.5) is 0 Å². The Bertz CT molecular complexity index is 1340. The van der Waals surface area contributed by atoms with Crippen molar-refractivity contribution in [1.82, 2.24) is 0 Å². The van der Waals surface area contributed by atoms with Gasteiger partial charge in [-0.1, -0.05) is 0 Å². The molecular weight excluding hydrogens is 511 g/mol. The van der Waals surface area contributed by atoms with E-state index in [9.17, 15) is 0 Å². The molecule has 0 amide bonds. The Morgan fingerprint density at radius 1 is 0.351 bits per heavy atom. The van der Waals surface area contributed by atoms with Crippen molar-refractivity contribution >= 4 is 14.5 Å². The molecule has 0 aliphatic heterocycles. The second-order valence-corrected chi connectivity index (χ2v) is 11.9. The Morgan fingerprint density at radius 3 is 0.838 bits per heavy atom. The van der Waals surface area contributed by atoms with Gasteiger partial charge in [-0.3, -0.25) is 0 Å². The Labute approximate surface area is 228 Å². The molecule has 5 aromatic rings. The quantitative estimate of drug-likeness (QED) is 0.170. The predicted molar refractivity (Wildman–Crippen MR) is 163 cm³/mol. The Balaban J connectivity index is 1.81. The average Bonchev–Trinajstić information content (AvgIpc) is 3.38. The van der Waals surface area contributed by atoms with Crippen molar-refractivity contribution in [2.24, 2.45) is 0 Å². The molecule has 0 unspecified atom stereocenters. The SMILES string of the molecule is CCc1ccc(-c2[se]c(-c3ccc(CC)cc3)c(-c3ccc(CC)cc3)c2-c2ccc(CC)cc2)cc1. The summed E-state index contributed by atoms with van der Waals surface area (Å²) in [6.07, 6.45) is 4.26. The van der Waals surface area contributed by atoms with Crippen molar-refractivity contribution in [3.8, 4) is 42.3 Å². The van der Waals surface area contributed by atoms with Crippen LogP contribution in [-0.2, 0) is 25.7 Å². The summed E-state index contributed by atoms with van der Waals surface area (Å²) in [6, 6.07) is 37.2. The number of benzene rings is 4. The first-order chi connectivity index (χ1) is 18.1. The van der Waals surface area contributed by atoms with Crippen molar-refractivity contribution in [3.63, 3.8) is 0 Å². The van der Waals surface area contributed by atoms with Gasteiger partial charge >= 0.3 is 229 Å². The normalized spacial score (nSPS) is 11.1. The summed E-state index contributed by atoms with van der Waals surface area (Å²) in [6.45, 7) is 8.91. The number of rotatable bonds is 8. The Hall–Kier alpha value is -3.12. The molecule has 1 heteroatoms. The zero-order chi connectivity index (χ0) is 25.8. The van der Waals surface area contributed by atoms with Gasteiger partial charge < -0.3 is 0 Å². The van der Waals surface area contributed by atoms with E-state index in [1.54, 1.807) is 0 Å². The molecule has 0 radical (unpaired) electrons. The average molecular weight is 548 g/mol. The van der Waals surface area contributed by atoms with Crippen LogP contribution in [0.3, 0.4) is 0 Å². The summed E-state index contributed by atoms with van der Waals surface area (Å²) in [7, 11) is 0. The van der Waals surface area contributed by atoms with Gasteiger partial charge in [0.25, 0.3) is 0 Å². The van der Waals surface area contributed by atoms with Crippen LogP contribution in [0, 0.1) is 0 Å². The maximum atomic E-state index is 2.34. The molecule has 0 nitrogen and oxygen atoms in total. The molecule has 0 bridgehead atoms. The summed E-state index contributed by atoms with van der Waals surface area (Å²) in [4.78, 5) is 0. The molecule has 4 aromatic carbocycles. The second kappa shape index (κ2) is 11.5. The second-order valence-electron chi connectivity index (χ2n) is 9.71. The van der Waals surface area contributed by atoms with Crippen molar-refractivity contribution in [2.45, 2.75) is 53.4 Å². The molecule has 0 spiro atoms. The summed E-state index contributed by atoms with van der Waals surface area (Å²) >= 11 is 0.193. The molecule has 186 valence electrons. The van der Waals surface area contributed by atoms with Gasteiger partial charge in [0.2, 0.25) is 0 Å². The van der Waals surface area contributed by atoms with Gasteiger partial charge in [-0.05, 0) is 0 Å². The van der Waals surface area contributed by atoms with Crippen LogP contribution in [0.25, 0.3) is 42.3 Å². The van der Waals surface area contributed by atoms with Gasteiger partial charge in [0.15, 0.2) is 0 Å². The van der Waals surface area contributed by atoms with Crippen LogP contribution >= 0.6 is 0 Å². The summed E-state index contributed by atoms with van der Waals surface area (Å²) < 4.78 is 2.98. The van der Waals surface area contributed by atoms with Crippen LogP contribution in [0.5, 0.6) is 0 Å². The Kier molecular flexibility index (Phi) is 7.94. The molecule has 0 aliphatic rings. The number of hydrogen-bond donors (Lipinski definition) is 0. The van der Waals surface area contributed by atoms with Crippen LogP contribution < -0.4 is 0 Å². The van der Waals surface area contributed by atoms with Gasteiger partial charge in [-0.15, -0.1) is 0 Å². The fourth-order valence-electron chi connectivity index (χ4n) is 4.99. The first-order valence-electron chi connectivity index (χ1n) is 13.7. The first-order valence-corrected chi connectivity index (χ1v) is 15.4. The van der Waals surface area contributed by atoms with Crippen molar-refractivity contribution in [3.05, 3.63) is 119 Å². The molecule has 0 aliphatic carbocycles. The minimum absolute atomic E-state index is 0.193. The molecule has 0 atom stereocenters. The standard InChI is InChI=1S/C36H36Se/c1-5-25-9-17-29(18-10-25)33-34(30-19-11-26(6-2)12-20-30)36(32-23-15-28(8-4)16-24-32)37-35(33)31-21-13-27(7-3)14-22-31/h9-24H,5-8H2,1-4H3. The van der Waals surface area contributed by atoms with Crippen LogP contribution in [0.2, 0.25) is 0 Å². The van der Waals surface area contributed by atoms with Crippen LogP contribution in [0.15, 0.2) is 97.1 Å². The monoisotopic (exact) mass is 548 g/mol. The van der Waals surface area contributed by atoms with E-state index < -0.39 is 0 Å². The molecule has 0 saturated heterocycles. The molecule has 37 heavy (non-hydrogen) atoms. The molecular formula is C36H36Se. The maximum absolute atomic E-state index is 2.34. The van der Waals surface area contributed by atoms with Gasteiger partial charge in [-0.25, -0.2) is 0 Å². The Morgan fingerprint density at radius 2 is 0.595 bits per heavy atom. The number of aryl methyl sites for hydroxylation is 4. The zero-order valence-electron chi connectivity index (χ0n) is 22.5. The van der Waals surface area contributed by atoms with E-state index in [2.05, 4.69) is 125 Å². The van der Waals surface area contributed by atoms with E-state index in [4.69, 9.17) is 0 Å². The zero-order valence-corrected chi connectivity index (χ0v) is 24.2. The molecule has 0 fully saturated rings. The molecule has 0 saturated carbocycles. The van der Waals surface area contributed by atoms with Crippen LogP contribution in [-0.4, -0.2) is 14.5 Å². The van der Waals surface area contributed by atoms with E-state index in [1.807, 2.05) is 0 Å². The molecule has 1 heterocycles. The van der Waals surface area contributed by atoms with Gasteiger partial charge in [0.1, 0.15) is 0 Å². The van der Waals surface area contributed by atoms with Gasteiger partial charge in [-0.2, -0.15) is 0 Å². The summed E-state index contributed by atoms with van der Waals surface area (Å²) in [5.41, 5.74) is 13.7. The third kappa shape index (κ3) is 5.30. The predicted octanol–water partition coefficient (Wildman–Crippen LogP) is 9.66. The van der Waals surface area contributed by atoms with Crippen molar-refractivity contribution in [1.29, 1.82) is 0 Å². The van der Waals surface area contributed by atoms with E-state index in [1.165, 1.54) is 64.5 Å². The first kappa shape index (κ1) is 25.5. The third-order valence-electron chi connectivity index (χ3n) is 7.46. The molecule has 1 aromatic heterocycles. The fraction of sp³-hybridized carbons (Fsp3) is 0.222. The number of hydrogen-bond acceptors (Lipinski definition) is 0. The van der Waals surface area contributed by atoms with E-state index in [0.29, 0.717) is 0 Å². The fourth-order valence-corrected chi connectivity index (χ4v) is 7.83. The van der Waals surface area contributed by atoms with Gasteiger partial charge in [0.05, 0.1) is 0 Å². The minimum atomic E-state index is 0.193. The van der Waals surface area contributed by atoms with Crippen molar-refractivity contribution < 1.29 is 0 Å². The van der Waals surface area contributed by atoms with Crippen LogP contribution in [0.1, 0.15) is 49.9 Å². The molecule has 0 N–H and O–H groups in total. The van der Waals surface area contributed by atoms with E-state index in [-0.39, 0.29) is 14.5 Å². The van der Waals surface area contributed by atoms with E-state index >= 15 is 0 Å². The third-order valence-corrected chi connectivity index (χ3v) is 10.2. The van der Waals surface area contributed by atoms with Gasteiger partial charge in [0, 0.05) is 0 Å². The van der Waals surface area contributed by atoms with E-state index in [0.717, 1.165) is 25.7 Å². The molecule has 5 rings (SSSR count). The van der Waals surface area contributed by atoms with Crippen molar-refractivity contribution in [2.75, 3.05) is 0 Å².